The highest BCUT2D eigenvalue weighted by molar-refractivity contribution is 5.80. The number of aryl methyl sites for hydroxylation is 2. The molecule has 0 saturated heterocycles. The SMILES string of the molecule is Cc1ccc(/C=N/Nc2nc3ccccc3nc2C)cc1. The lowest BCUT2D eigenvalue weighted by Crippen LogP contribution is -1.99. The molecule has 0 aliphatic rings. The lowest BCUT2D eigenvalue weighted by Gasteiger charge is -2.05. The normalized spacial score (nSPS) is 11.1. The van der Waals surface area contributed by atoms with Crippen LogP contribution in [0.4, 0.5) is 5.82 Å². The first-order valence-corrected chi connectivity index (χ1v) is 6.81. The van der Waals surface area contributed by atoms with Crippen LogP contribution in [0.25, 0.3) is 11.0 Å². The smallest absolute Gasteiger partial charge is 0.168 e. The Morgan fingerprint density at radius 1 is 0.905 bits per heavy atom. The van der Waals surface area contributed by atoms with E-state index in [0.29, 0.717) is 5.82 Å². The van der Waals surface area contributed by atoms with E-state index >= 15 is 0 Å². The minimum absolute atomic E-state index is 0.678. The molecule has 0 atom stereocenters. The number of nitrogens with zero attached hydrogens (tertiary/aromatic N) is 3. The molecular formula is C17H16N4. The summed E-state index contributed by atoms with van der Waals surface area (Å²) in [6.45, 7) is 3.98. The highest BCUT2D eigenvalue weighted by Crippen LogP contribution is 2.15. The highest BCUT2D eigenvalue weighted by atomic mass is 15.3. The van der Waals surface area contributed by atoms with Gasteiger partial charge in [-0.05, 0) is 31.5 Å². The van der Waals surface area contributed by atoms with E-state index in [9.17, 15) is 0 Å². The number of benzene rings is 2. The molecule has 104 valence electrons. The molecule has 0 radical (unpaired) electrons. The number of hydrazone groups is 1. The van der Waals surface area contributed by atoms with Gasteiger partial charge in [-0.3, -0.25) is 5.43 Å². The molecule has 0 aliphatic carbocycles. The third-order valence-corrected chi connectivity index (χ3v) is 3.21. The molecule has 0 saturated carbocycles. The molecule has 4 heteroatoms. The zero-order valence-electron chi connectivity index (χ0n) is 12.0. The summed E-state index contributed by atoms with van der Waals surface area (Å²) in [5, 5.41) is 4.23. The predicted molar refractivity (Wildman–Crippen MR) is 86.7 cm³/mol. The van der Waals surface area contributed by atoms with Crippen molar-refractivity contribution in [3.63, 3.8) is 0 Å². The first-order chi connectivity index (χ1) is 10.2. The second-order valence-electron chi connectivity index (χ2n) is 4.93. The standard InChI is InChI=1S/C17H16N4/c1-12-7-9-14(10-8-12)11-18-21-17-13(2)19-15-5-3-4-6-16(15)20-17/h3-11H,1-2H3,(H,20,21)/b18-11+. The number of anilines is 1. The van der Waals surface area contributed by atoms with Crippen LogP contribution in [0.1, 0.15) is 16.8 Å². The minimum Gasteiger partial charge on any atom is -0.260 e. The van der Waals surface area contributed by atoms with Crippen LogP contribution in [0.2, 0.25) is 0 Å². The zero-order valence-corrected chi connectivity index (χ0v) is 12.0. The Morgan fingerprint density at radius 3 is 2.29 bits per heavy atom. The molecule has 3 aromatic rings. The molecule has 4 nitrogen and oxygen atoms in total. The summed E-state index contributed by atoms with van der Waals surface area (Å²) in [5.74, 6) is 0.678. The van der Waals surface area contributed by atoms with Crippen molar-refractivity contribution in [3.05, 3.63) is 65.4 Å². The summed E-state index contributed by atoms with van der Waals surface area (Å²) < 4.78 is 0. The van der Waals surface area contributed by atoms with Crippen LogP contribution in [-0.2, 0) is 0 Å². The van der Waals surface area contributed by atoms with Gasteiger partial charge in [0.25, 0.3) is 0 Å². The van der Waals surface area contributed by atoms with Gasteiger partial charge in [-0.1, -0.05) is 42.0 Å². The molecule has 1 aromatic heterocycles. The van der Waals surface area contributed by atoms with E-state index in [2.05, 4.69) is 39.6 Å². The number of hydrogen-bond acceptors (Lipinski definition) is 4. The maximum Gasteiger partial charge on any atom is 0.168 e. The van der Waals surface area contributed by atoms with E-state index in [-0.39, 0.29) is 0 Å². The van der Waals surface area contributed by atoms with E-state index in [1.807, 2.05) is 43.3 Å². The topological polar surface area (TPSA) is 50.2 Å². The van der Waals surface area contributed by atoms with E-state index < -0.39 is 0 Å². The van der Waals surface area contributed by atoms with Crippen molar-refractivity contribution >= 4 is 23.1 Å². The van der Waals surface area contributed by atoms with Gasteiger partial charge >= 0.3 is 0 Å². The van der Waals surface area contributed by atoms with Crippen LogP contribution in [0.3, 0.4) is 0 Å². The van der Waals surface area contributed by atoms with Crippen LogP contribution >= 0.6 is 0 Å². The molecule has 21 heavy (non-hydrogen) atoms. The summed E-state index contributed by atoms with van der Waals surface area (Å²) in [5.41, 5.74) is 7.82. The fourth-order valence-corrected chi connectivity index (χ4v) is 2.01. The summed E-state index contributed by atoms with van der Waals surface area (Å²) in [6, 6.07) is 16.0. The van der Waals surface area contributed by atoms with Gasteiger partial charge in [-0.15, -0.1) is 0 Å². The summed E-state index contributed by atoms with van der Waals surface area (Å²) >= 11 is 0. The second kappa shape index (κ2) is 5.71. The first-order valence-electron chi connectivity index (χ1n) is 6.81. The Kier molecular flexibility index (Phi) is 3.60. The predicted octanol–water partition coefficient (Wildman–Crippen LogP) is 3.69. The number of aromatic nitrogens is 2. The molecule has 0 aliphatic heterocycles. The molecule has 0 bridgehead atoms. The van der Waals surface area contributed by atoms with Crippen molar-refractivity contribution < 1.29 is 0 Å². The number of nitrogens with one attached hydrogen (secondary N) is 1. The summed E-state index contributed by atoms with van der Waals surface area (Å²) in [4.78, 5) is 9.05. The fraction of sp³-hybridized carbons (Fsp3) is 0.118. The Labute approximate surface area is 123 Å². The minimum atomic E-state index is 0.678. The lowest BCUT2D eigenvalue weighted by molar-refractivity contribution is 1.15. The van der Waals surface area contributed by atoms with Crippen molar-refractivity contribution in [2.75, 3.05) is 5.43 Å². The number of para-hydroxylation sites is 2. The van der Waals surface area contributed by atoms with Crippen LogP contribution < -0.4 is 5.43 Å². The third kappa shape index (κ3) is 3.05. The van der Waals surface area contributed by atoms with Crippen molar-refractivity contribution in [2.24, 2.45) is 5.10 Å². The molecule has 0 fully saturated rings. The quantitative estimate of drug-likeness (QED) is 0.586. The molecule has 0 unspecified atom stereocenters. The van der Waals surface area contributed by atoms with Gasteiger partial charge in [-0.25, -0.2) is 9.97 Å². The van der Waals surface area contributed by atoms with Crippen LogP contribution in [0.15, 0.2) is 53.6 Å². The van der Waals surface area contributed by atoms with Gasteiger partial charge in [0.1, 0.15) is 0 Å². The summed E-state index contributed by atoms with van der Waals surface area (Å²) in [6.07, 6.45) is 1.77. The molecular weight excluding hydrogens is 260 g/mol. The maximum absolute atomic E-state index is 4.53. The molecule has 3 rings (SSSR count). The number of fused-ring (bicyclic) bond motifs is 1. The molecule has 0 amide bonds. The second-order valence-corrected chi connectivity index (χ2v) is 4.93. The zero-order chi connectivity index (χ0) is 14.7. The average Bonchev–Trinajstić information content (AvgIpc) is 2.50. The van der Waals surface area contributed by atoms with Crippen LogP contribution in [0, 0.1) is 13.8 Å². The monoisotopic (exact) mass is 276 g/mol. The van der Waals surface area contributed by atoms with E-state index in [4.69, 9.17) is 0 Å². The van der Waals surface area contributed by atoms with Crippen molar-refractivity contribution in [1.82, 2.24) is 9.97 Å². The Morgan fingerprint density at radius 2 is 1.57 bits per heavy atom. The number of hydrogen-bond donors (Lipinski definition) is 1. The number of rotatable bonds is 3. The van der Waals surface area contributed by atoms with E-state index in [1.54, 1.807) is 6.21 Å². The molecule has 1 heterocycles. The molecule has 0 spiro atoms. The van der Waals surface area contributed by atoms with E-state index in [0.717, 1.165) is 22.3 Å². The van der Waals surface area contributed by atoms with Gasteiger partial charge in [-0.2, -0.15) is 5.10 Å². The Bertz CT molecular complexity index is 791. The molecule has 2 aromatic carbocycles. The molecule has 1 N–H and O–H groups in total. The van der Waals surface area contributed by atoms with Gasteiger partial charge in [0.15, 0.2) is 5.82 Å². The Hall–Kier alpha value is -2.75. The lowest BCUT2D eigenvalue weighted by atomic mass is 10.2. The van der Waals surface area contributed by atoms with Gasteiger partial charge in [0.05, 0.1) is 22.9 Å². The highest BCUT2D eigenvalue weighted by Gasteiger charge is 2.03. The maximum atomic E-state index is 4.53. The average molecular weight is 276 g/mol. The van der Waals surface area contributed by atoms with E-state index in [1.165, 1.54) is 5.56 Å². The van der Waals surface area contributed by atoms with Crippen molar-refractivity contribution in [2.45, 2.75) is 13.8 Å². The van der Waals surface area contributed by atoms with Crippen LogP contribution in [-0.4, -0.2) is 16.2 Å². The van der Waals surface area contributed by atoms with Crippen molar-refractivity contribution in [1.29, 1.82) is 0 Å². The summed E-state index contributed by atoms with van der Waals surface area (Å²) in [7, 11) is 0. The Balaban J connectivity index is 1.81. The van der Waals surface area contributed by atoms with Gasteiger partial charge < -0.3 is 0 Å². The van der Waals surface area contributed by atoms with Crippen molar-refractivity contribution in [3.8, 4) is 0 Å². The third-order valence-electron chi connectivity index (χ3n) is 3.21. The first kappa shape index (κ1) is 13.2. The van der Waals surface area contributed by atoms with Gasteiger partial charge in [0, 0.05) is 0 Å². The van der Waals surface area contributed by atoms with Gasteiger partial charge in [0.2, 0.25) is 0 Å². The largest absolute Gasteiger partial charge is 0.260 e. The van der Waals surface area contributed by atoms with Crippen LogP contribution in [0.5, 0.6) is 0 Å². The fourth-order valence-electron chi connectivity index (χ4n) is 2.01.